The highest BCUT2D eigenvalue weighted by Gasteiger charge is 2.41. The van der Waals surface area contributed by atoms with Crippen molar-refractivity contribution >= 4 is 12.4 Å². The van der Waals surface area contributed by atoms with Crippen molar-refractivity contribution in [2.24, 2.45) is 5.92 Å². The van der Waals surface area contributed by atoms with Gasteiger partial charge in [0.15, 0.2) is 0 Å². The van der Waals surface area contributed by atoms with Gasteiger partial charge in [-0.25, -0.2) is 4.79 Å². The van der Waals surface area contributed by atoms with Crippen molar-refractivity contribution in [3.05, 3.63) is 0 Å². The molecule has 0 N–H and O–H groups in total. The van der Waals surface area contributed by atoms with Crippen LogP contribution in [0.2, 0.25) is 0 Å². The molecule has 0 spiro atoms. The van der Waals surface area contributed by atoms with Crippen LogP contribution in [-0.2, 0) is 9.53 Å². The molecule has 1 aliphatic carbocycles. The Morgan fingerprint density at radius 3 is 2.00 bits per heavy atom. The molecule has 4 nitrogen and oxygen atoms in total. The van der Waals surface area contributed by atoms with Gasteiger partial charge in [0.1, 0.15) is 11.9 Å². The summed E-state index contributed by atoms with van der Waals surface area (Å²) in [5.74, 6) is 0.282. The van der Waals surface area contributed by atoms with E-state index in [1.54, 1.807) is 4.90 Å². The third kappa shape index (κ3) is 4.22. The summed E-state index contributed by atoms with van der Waals surface area (Å²) in [5.41, 5.74) is -0.975. The summed E-state index contributed by atoms with van der Waals surface area (Å²) in [6.07, 6.45) is 3.67. The van der Waals surface area contributed by atoms with Crippen LogP contribution in [0.25, 0.3) is 0 Å². The van der Waals surface area contributed by atoms with Gasteiger partial charge in [0.2, 0.25) is 0 Å². The number of nitrogens with zero attached hydrogens (tertiary/aromatic N) is 1. The first-order valence-electron chi connectivity index (χ1n) is 7.04. The Morgan fingerprint density at radius 2 is 1.74 bits per heavy atom. The van der Waals surface area contributed by atoms with E-state index in [4.69, 9.17) is 4.74 Å². The first kappa shape index (κ1) is 16.0. The first-order chi connectivity index (χ1) is 8.56. The van der Waals surface area contributed by atoms with E-state index >= 15 is 0 Å². The van der Waals surface area contributed by atoms with Gasteiger partial charge in [0, 0.05) is 5.54 Å². The number of ether oxygens (including phenoxy) is 1. The molecule has 4 heteroatoms. The molecule has 0 aliphatic heterocycles. The number of hydrogen-bond acceptors (Lipinski definition) is 3. The number of hydrogen-bond donors (Lipinski definition) is 0. The van der Waals surface area contributed by atoms with Gasteiger partial charge in [-0.05, 0) is 60.3 Å². The molecular formula is C15H27NO3. The molecule has 0 saturated heterocycles. The maximum Gasteiger partial charge on any atom is 0.411 e. The summed E-state index contributed by atoms with van der Waals surface area (Å²) in [4.78, 5) is 25.4. The Morgan fingerprint density at radius 1 is 1.21 bits per heavy atom. The van der Waals surface area contributed by atoms with Crippen molar-refractivity contribution in [3.8, 4) is 0 Å². The normalized spacial score (nSPS) is 18.4. The van der Waals surface area contributed by atoms with Gasteiger partial charge in [-0.3, -0.25) is 4.90 Å². The summed E-state index contributed by atoms with van der Waals surface area (Å²) in [6.45, 7) is 11.3. The zero-order valence-corrected chi connectivity index (χ0v) is 13.0. The fourth-order valence-electron chi connectivity index (χ4n) is 2.32. The van der Waals surface area contributed by atoms with Crippen LogP contribution in [0.4, 0.5) is 4.79 Å². The Kier molecular flexibility index (Phi) is 4.64. The molecule has 0 heterocycles. The van der Waals surface area contributed by atoms with Crippen LogP contribution in [0.3, 0.4) is 0 Å². The maximum absolute atomic E-state index is 12.4. The van der Waals surface area contributed by atoms with E-state index in [9.17, 15) is 9.59 Å². The van der Waals surface area contributed by atoms with E-state index in [0.29, 0.717) is 0 Å². The molecule has 0 radical (unpaired) electrons. The Balaban J connectivity index is 2.93. The summed E-state index contributed by atoms with van der Waals surface area (Å²) >= 11 is 0. The minimum atomic E-state index is -0.548. The monoisotopic (exact) mass is 269 g/mol. The standard InChI is InChI=1S/C15H27NO3/c1-14(2,3)16(13(18)19-15(4,5)6)12(10-17)11-8-7-9-11/h10-12H,7-9H2,1-6H3. The molecule has 1 unspecified atom stereocenters. The van der Waals surface area contributed by atoms with Gasteiger partial charge < -0.3 is 9.53 Å². The maximum atomic E-state index is 12.4. The first-order valence-corrected chi connectivity index (χ1v) is 7.04. The van der Waals surface area contributed by atoms with Crippen LogP contribution in [0.1, 0.15) is 60.8 Å². The lowest BCUT2D eigenvalue weighted by Gasteiger charge is -2.45. The molecule has 110 valence electrons. The molecule has 0 aromatic rings. The predicted molar refractivity (Wildman–Crippen MR) is 75.0 cm³/mol. The molecule has 1 atom stereocenters. The molecular weight excluding hydrogens is 242 g/mol. The van der Waals surface area contributed by atoms with E-state index in [1.165, 1.54) is 0 Å². The molecule has 1 amide bonds. The predicted octanol–water partition coefficient (Wildman–Crippen LogP) is 3.39. The van der Waals surface area contributed by atoms with Crippen LogP contribution >= 0.6 is 0 Å². The van der Waals surface area contributed by atoms with E-state index < -0.39 is 17.2 Å². The van der Waals surface area contributed by atoms with E-state index in [-0.39, 0.29) is 12.0 Å². The van der Waals surface area contributed by atoms with Crippen LogP contribution in [0.5, 0.6) is 0 Å². The highest BCUT2D eigenvalue weighted by molar-refractivity contribution is 5.75. The largest absolute Gasteiger partial charge is 0.444 e. The zero-order chi connectivity index (χ0) is 14.8. The summed E-state index contributed by atoms with van der Waals surface area (Å²) in [6, 6.07) is -0.372. The second-order valence-electron chi connectivity index (χ2n) is 7.34. The summed E-state index contributed by atoms with van der Waals surface area (Å²) in [5, 5.41) is 0. The summed E-state index contributed by atoms with van der Waals surface area (Å²) < 4.78 is 5.46. The van der Waals surface area contributed by atoms with Crippen molar-refractivity contribution in [1.82, 2.24) is 4.90 Å². The minimum absolute atomic E-state index is 0.282. The number of carbonyl (C=O) groups is 2. The van der Waals surface area contributed by atoms with Crippen molar-refractivity contribution in [3.63, 3.8) is 0 Å². The topological polar surface area (TPSA) is 46.6 Å². The zero-order valence-electron chi connectivity index (χ0n) is 13.0. The lowest BCUT2D eigenvalue weighted by Crippen LogP contribution is -2.57. The van der Waals surface area contributed by atoms with Gasteiger partial charge in [-0.15, -0.1) is 0 Å². The molecule has 0 aromatic carbocycles. The van der Waals surface area contributed by atoms with Gasteiger partial charge >= 0.3 is 6.09 Å². The fourth-order valence-corrected chi connectivity index (χ4v) is 2.32. The highest BCUT2D eigenvalue weighted by Crippen LogP contribution is 2.34. The second kappa shape index (κ2) is 5.51. The van der Waals surface area contributed by atoms with Gasteiger partial charge in [0.05, 0.1) is 6.04 Å². The van der Waals surface area contributed by atoms with Gasteiger partial charge in [-0.1, -0.05) is 6.42 Å². The highest BCUT2D eigenvalue weighted by atomic mass is 16.6. The van der Waals surface area contributed by atoms with Gasteiger partial charge in [-0.2, -0.15) is 0 Å². The molecule has 1 saturated carbocycles. The van der Waals surface area contributed by atoms with Crippen LogP contribution in [0.15, 0.2) is 0 Å². The Bertz CT molecular complexity index is 334. The van der Waals surface area contributed by atoms with Crippen LogP contribution < -0.4 is 0 Å². The van der Waals surface area contributed by atoms with E-state index in [0.717, 1.165) is 25.5 Å². The lowest BCUT2D eigenvalue weighted by atomic mass is 9.78. The van der Waals surface area contributed by atoms with Crippen LogP contribution in [-0.4, -0.2) is 34.5 Å². The fraction of sp³-hybridized carbons (Fsp3) is 0.867. The summed E-state index contributed by atoms with van der Waals surface area (Å²) in [7, 11) is 0. The molecule has 0 aromatic heterocycles. The van der Waals surface area contributed by atoms with Crippen molar-refractivity contribution in [1.29, 1.82) is 0 Å². The van der Waals surface area contributed by atoms with E-state index in [2.05, 4.69) is 0 Å². The SMILES string of the molecule is CC(C)(C)OC(=O)N(C(C=O)C1CCC1)C(C)(C)C. The van der Waals surface area contributed by atoms with Crippen molar-refractivity contribution in [2.45, 2.75) is 78.0 Å². The van der Waals surface area contributed by atoms with Gasteiger partial charge in [0.25, 0.3) is 0 Å². The van der Waals surface area contributed by atoms with E-state index in [1.807, 2.05) is 41.5 Å². The number of carbonyl (C=O) groups excluding carboxylic acids is 2. The lowest BCUT2D eigenvalue weighted by molar-refractivity contribution is -0.118. The average Bonchev–Trinajstić information content (AvgIpc) is 2.08. The molecule has 1 rings (SSSR count). The Labute approximate surface area is 116 Å². The second-order valence-corrected chi connectivity index (χ2v) is 7.34. The molecule has 1 fully saturated rings. The number of amides is 1. The smallest absolute Gasteiger partial charge is 0.411 e. The number of rotatable bonds is 3. The molecule has 1 aliphatic rings. The minimum Gasteiger partial charge on any atom is -0.444 e. The third-order valence-corrected chi connectivity index (χ3v) is 3.38. The van der Waals surface area contributed by atoms with Crippen molar-refractivity contribution < 1.29 is 14.3 Å². The average molecular weight is 269 g/mol. The van der Waals surface area contributed by atoms with Crippen molar-refractivity contribution in [2.75, 3.05) is 0 Å². The van der Waals surface area contributed by atoms with Crippen LogP contribution in [0, 0.1) is 5.92 Å². The third-order valence-electron chi connectivity index (χ3n) is 3.38. The Hall–Kier alpha value is -1.06. The number of aldehydes is 1. The molecule has 0 bridgehead atoms. The quantitative estimate of drug-likeness (QED) is 0.738. The molecule has 19 heavy (non-hydrogen) atoms.